The summed E-state index contributed by atoms with van der Waals surface area (Å²) >= 11 is 0. The number of likely N-dealkylation sites (tertiary alicyclic amines) is 1. The Morgan fingerprint density at radius 1 is 1.33 bits per heavy atom. The number of benzene rings is 1. The molecule has 2 rings (SSSR count). The van der Waals surface area contributed by atoms with E-state index in [1.165, 1.54) is 12.5 Å². The van der Waals surface area contributed by atoms with Gasteiger partial charge in [0.1, 0.15) is 5.69 Å². The average Bonchev–Trinajstić information content (AvgIpc) is 2.37. The van der Waals surface area contributed by atoms with Crippen LogP contribution in [0.4, 0.5) is 11.4 Å². The van der Waals surface area contributed by atoms with Crippen molar-refractivity contribution in [1.29, 1.82) is 0 Å². The van der Waals surface area contributed by atoms with E-state index in [9.17, 15) is 14.9 Å². The zero-order chi connectivity index (χ0) is 15.4. The van der Waals surface area contributed by atoms with Crippen molar-refractivity contribution in [3.63, 3.8) is 0 Å². The van der Waals surface area contributed by atoms with Gasteiger partial charge < -0.3 is 5.32 Å². The zero-order valence-electron chi connectivity index (χ0n) is 12.4. The monoisotopic (exact) mass is 291 g/mol. The lowest BCUT2D eigenvalue weighted by atomic mass is 9.92. The number of piperidine rings is 1. The lowest BCUT2D eigenvalue weighted by Crippen LogP contribution is -2.42. The zero-order valence-corrected chi connectivity index (χ0v) is 12.4. The summed E-state index contributed by atoms with van der Waals surface area (Å²) in [5.41, 5.74) is 0.178. The lowest BCUT2D eigenvalue weighted by Gasteiger charge is -2.34. The molecule has 1 aliphatic heterocycles. The number of hydrogen-bond donors (Lipinski definition) is 1. The maximum Gasteiger partial charge on any atom is 0.292 e. The number of rotatable bonds is 4. The molecule has 0 bridgehead atoms. The van der Waals surface area contributed by atoms with Crippen LogP contribution in [-0.4, -0.2) is 35.4 Å². The van der Waals surface area contributed by atoms with Gasteiger partial charge in [0.25, 0.3) is 5.69 Å². The lowest BCUT2D eigenvalue weighted by molar-refractivity contribution is -0.383. The molecule has 1 aliphatic rings. The Morgan fingerprint density at radius 3 is 2.57 bits per heavy atom. The quantitative estimate of drug-likeness (QED) is 0.683. The number of nitrogens with one attached hydrogen (secondary N) is 1. The van der Waals surface area contributed by atoms with E-state index in [1.807, 2.05) is 0 Å². The number of carbonyl (C=O) groups is 1. The van der Waals surface area contributed by atoms with E-state index in [2.05, 4.69) is 24.1 Å². The van der Waals surface area contributed by atoms with E-state index in [4.69, 9.17) is 0 Å². The Hall–Kier alpha value is -1.95. The molecule has 2 atom stereocenters. The highest BCUT2D eigenvalue weighted by molar-refractivity contribution is 5.94. The molecule has 1 saturated heterocycles. The summed E-state index contributed by atoms with van der Waals surface area (Å²) in [6, 6.07) is 6.20. The number of nitrogens with zero attached hydrogens (tertiary/aromatic N) is 2. The van der Waals surface area contributed by atoms with E-state index < -0.39 is 4.92 Å². The van der Waals surface area contributed by atoms with Crippen molar-refractivity contribution >= 4 is 17.3 Å². The summed E-state index contributed by atoms with van der Waals surface area (Å²) in [5, 5.41) is 13.6. The number of anilines is 1. The van der Waals surface area contributed by atoms with Crippen LogP contribution >= 0.6 is 0 Å². The summed E-state index contributed by atoms with van der Waals surface area (Å²) in [4.78, 5) is 24.6. The van der Waals surface area contributed by atoms with Gasteiger partial charge in [0, 0.05) is 19.2 Å². The van der Waals surface area contributed by atoms with Crippen molar-refractivity contribution in [1.82, 2.24) is 4.90 Å². The Balaban J connectivity index is 1.97. The summed E-state index contributed by atoms with van der Waals surface area (Å²) in [5.74, 6) is 0.950. The molecule has 1 aromatic carbocycles. The highest BCUT2D eigenvalue weighted by atomic mass is 16.6. The largest absolute Gasteiger partial charge is 0.319 e. The minimum Gasteiger partial charge on any atom is -0.319 e. The van der Waals surface area contributed by atoms with Crippen molar-refractivity contribution in [2.45, 2.75) is 20.3 Å². The molecule has 114 valence electrons. The summed E-state index contributed by atoms with van der Waals surface area (Å²) in [6.45, 7) is 6.44. The fraction of sp³-hybridized carbons (Fsp3) is 0.533. The number of nitro groups is 1. The number of amides is 1. The number of hydrogen-bond acceptors (Lipinski definition) is 4. The van der Waals surface area contributed by atoms with Crippen LogP contribution in [0.25, 0.3) is 0 Å². The third-order valence-electron chi connectivity index (χ3n) is 3.69. The van der Waals surface area contributed by atoms with Crippen LogP contribution in [-0.2, 0) is 4.79 Å². The van der Waals surface area contributed by atoms with Gasteiger partial charge in [-0.2, -0.15) is 0 Å². The Kier molecular flexibility index (Phi) is 4.90. The molecule has 1 amide bonds. The number of nitro benzene ring substituents is 1. The van der Waals surface area contributed by atoms with Crippen LogP contribution in [0.3, 0.4) is 0 Å². The summed E-state index contributed by atoms with van der Waals surface area (Å²) < 4.78 is 0. The van der Waals surface area contributed by atoms with Gasteiger partial charge in [-0.3, -0.25) is 19.8 Å². The first-order valence-electron chi connectivity index (χ1n) is 7.21. The van der Waals surface area contributed by atoms with Crippen molar-refractivity contribution in [2.75, 3.05) is 25.0 Å². The molecule has 0 aromatic heterocycles. The maximum absolute atomic E-state index is 12.1. The van der Waals surface area contributed by atoms with Crippen LogP contribution in [0.15, 0.2) is 24.3 Å². The average molecular weight is 291 g/mol. The molecule has 1 N–H and O–H groups in total. The van der Waals surface area contributed by atoms with Gasteiger partial charge in [-0.1, -0.05) is 26.0 Å². The molecular formula is C15H21N3O3. The third kappa shape index (κ3) is 4.26. The summed E-state index contributed by atoms with van der Waals surface area (Å²) in [6.07, 6.45) is 1.18. The highest BCUT2D eigenvalue weighted by Crippen LogP contribution is 2.24. The first-order valence-corrected chi connectivity index (χ1v) is 7.21. The van der Waals surface area contributed by atoms with Crippen LogP contribution in [0.1, 0.15) is 20.3 Å². The van der Waals surface area contributed by atoms with Gasteiger partial charge in [-0.25, -0.2) is 0 Å². The van der Waals surface area contributed by atoms with Gasteiger partial charge in [-0.05, 0) is 24.3 Å². The van der Waals surface area contributed by atoms with Crippen molar-refractivity contribution in [2.24, 2.45) is 11.8 Å². The molecule has 1 heterocycles. The molecule has 6 nitrogen and oxygen atoms in total. The first kappa shape index (κ1) is 15.4. The van der Waals surface area contributed by atoms with E-state index in [0.717, 1.165) is 13.1 Å². The van der Waals surface area contributed by atoms with Gasteiger partial charge in [0.2, 0.25) is 5.91 Å². The third-order valence-corrected chi connectivity index (χ3v) is 3.69. The van der Waals surface area contributed by atoms with Gasteiger partial charge >= 0.3 is 0 Å². The van der Waals surface area contributed by atoms with Crippen LogP contribution in [0.2, 0.25) is 0 Å². The maximum atomic E-state index is 12.1. The van der Waals surface area contributed by atoms with Gasteiger partial charge in [0.15, 0.2) is 0 Å². The Bertz CT molecular complexity index is 523. The van der Waals surface area contributed by atoms with E-state index in [0.29, 0.717) is 11.8 Å². The SMILES string of the molecule is CC1CC(C)CN(CC(=O)Nc2ccccc2[N+](=O)[O-])C1. The molecule has 1 aromatic rings. The van der Waals surface area contributed by atoms with Crippen LogP contribution in [0.5, 0.6) is 0 Å². The second kappa shape index (κ2) is 6.67. The van der Waals surface area contributed by atoms with Crippen molar-refractivity contribution < 1.29 is 9.72 Å². The second-order valence-corrected chi connectivity index (χ2v) is 5.96. The van der Waals surface area contributed by atoms with Crippen molar-refractivity contribution in [3.05, 3.63) is 34.4 Å². The fourth-order valence-electron chi connectivity index (χ4n) is 3.05. The van der Waals surface area contributed by atoms with Gasteiger partial charge in [0.05, 0.1) is 11.5 Å². The van der Waals surface area contributed by atoms with E-state index >= 15 is 0 Å². The number of para-hydroxylation sites is 2. The summed E-state index contributed by atoms with van der Waals surface area (Å²) in [7, 11) is 0. The topological polar surface area (TPSA) is 75.5 Å². The Morgan fingerprint density at radius 2 is 1.95 bits per heavy atom. The molecule has 6 heteroatoms. The standard InChI is InChI=1S/C15H21N3O3/c1-11-7-12(2)9-17(8-11)10-15(19)16-13-5-3-4-6-14(13)18(20)21/h3-6,11-12H,7-10H2,1-2H3,(H,16,19). The molecule has 0 radical (unpaired) electrons. The molecule has 0 saturated carbocycles. The molecule has 2 unspecified atom stereocenters. The minimum atomic E-state index is -0.485. The molecular weight excluding hydrogens is 270 g/mol. The van der Waals surface area contributed by atoms with Crippen LogP contribution < -0.4 is 5.32 Å². The van der Waals surface area contributed by atoms with Gasteiger partial charge in [-0.15, -0.1) is 0 Å². The predicted octanol–water partition coefficient (Wildman–Crippen LogP) is 2.51. The first-order chi connectivity index (χ1) is 9.95. The Labute approximate surface area is 124 Å². The number of carbonyl (C=O) groups excluding carboxylic acids is 1. The second-order valence-electron chi connectivity index (χ2n) is 5.96. The molecule has 21 heavy (non-hydrogen) atoms. The normalized spacial score (nSPS) is 22.8. The van der Waals surface area contributed by atoms with E-state index in [-0.39, 0.29) is 23.8 Å². The minimum absolute atomic E-state index is 0.0776. The fourth-order valence-corrected chi connectivity index (χ4v) is 3.05. The smallest absolute Gasteiger partial charge is 0.292 e. The molecule has 1 fully saturated rings. The van der Waals surface area contributed by atoms with Crippen LogP contribution in [0, 0.1) is 22.0 Å². The van der Waals surface area contributed by atoms with E-state index in [1.54, 1.807) is 18.2 Å². The predicted molar refractivity (Wildman–Crippen MR) is 81.1 cm³/mol. The molecule has 0 aliphatic carbocycles. The van der Waals surface area contributed by atoms with Crippen molar-refractivity contribution in [3.8, 4) is 0 Å². The molecule has 0 spiro atoms. The highest BCUT2D eigenvalue weighted by Gasteiger charge is 2.24.